The highest BCUT2D eigenvalue weighted by atomic mass is 32.1. The number of hydrogen-bond acceptors (Lipinski definition) is 5. The Morgan fingerprint density at radius 2 is 1.86 bits per heavy atom. The summed E-state index contributed by atoms with van der Waals surface area (Å²) >= 11 is 1.61. The molecule has 0 spiro atoms. The topological polar surface area (TPSA) is 106 Å². The molecule has 1 saturated carbocycles. The first-order chi connectivity index (χ1) is 16.5. The van der Waals surface area contributed by atoms with Gasteiger partial charge in [-0.15, -0.1) is 11.3 Å². The Morgan fingerprint density at radius 1 is 1.14 bits per heavy atom. The Bertz CT molecular complexity index is 1140. The van der Waals surface area contributed by atoms with Gasteiger partial charge in [0.05, 0.1) is 16.6 Å². The van der Waals surface area contributed by atoms with Crippen molar-refractivity contribution in [1.29, 1.82) is 0 Å². The molecule has 0 radical (unpaired) electrons. The van der Waals surface area contributed by atoms with Crippen LogP contribution in [-0.2, 0) is 11.2 Å². The maximum absolute atomic E-state index is 11.3. The van der Waals surface area contributed by atoms with Crippen molar-refractivity contribution in [3.63, 3.8) is 0 Å². The molecule has 3 aromatic rings. The van der Waals surface area contributed by atoms with Crippen molar-refractivity contribution in [2.75, 3.05) is 0 Å². The summed E-state index contributed by atoms with van der Waals surface area (Å²) in [6, 6.07) is 9.41. The molecule has 1 fully saturated rings. The van der Waals surface area contributed by atoms with Crippen molar-refractivity contribution in [3.05, 3.63) is 69.8 Å². The van der Waals surface area contributed by atoms with E-state index < -0.39 is 11.9 Å². The number of hydrogen-bond donors (Lipinski definition) is 2. The lowest BCUT2D eigenvalue weighted by molar-refractivity contribution is -0.143. The molecule has 4 rings (SSSR count). The van der Waals surface area contributed by atoms with Gasteiger partial charge in [0.25, 0.3) is 0 Å². The van der Waals surface area contributed by atoms with Gasteiger partial charge in [-0.2, -0.15) is 0 Å². The predicted octanol–water partition coefficient (Wildman–Crippen LogP) is 6.13. The third-order valence-corrected chi connectivity index (χ3v) is 7.63. The van der Waals surface area contributed by atoms with Gasteiger partial charge < -0.3 is 10.8 Å². The van der Waals surface area contributed by atoms with Crippen LogP contribution in [0.5, 0.6) is 0 Å². The van der Waals surface area contributed by atoms with E-state index in [1.165, 1.54) is 0 Å². The monoisotopic (exact) mass is 493 g/mol. The van der Waals surface area contributed by atoms with Gasteiger partial charge in [-0.05, 0) is 79.3 Å². The number of aliphatic carboxylic acids is 1. The number of aryl methyl sites for hydroxylation is 1. The van der Waals surface area contributed by atoms with E-state index in [4.69, 9.17) is 10.8 Å². The van der Waals surface area contributed by atoms with Crippen LogP contribution in [0.1, 0.15) is 72.9 Å². The molecule has 6 nitrogen and oxygen atoms in total. The number of carbonyl (C=O) groups is 2. The van der Waals surface area contributed by atoms with Crippen LogP contribution >= 0.6 is 11.3 Å². The van der Waals surface area contributed by atoms with E-state index in [0.29, 0.717) is 23.3 Å². The number of rotatable bonds is 5. The van der Waals surface area contributed by atoms with Gasteiger partial charge in [-0.1, -0.05) is 26.8 Å². The lowest BCUT2D eigenvalue weighted by atomic mass is 9.70. The van der Waals surface area contributed by atoms with Crippen LogP contribution in [0.15, 0.2) is 48.1 Å². The van der Waals surface area contributed by atoms with Crippen molar-refractivity contribution in [2.45, 2.75) is 59.8 Å². The molecule has 186 valence electrons. The fraction of sp³-hybridized carbons (Fsp3) is 0.429. The molecule has 2 heterocycles. The van der Waals surface area contributed by atoms with Gasteiger partial charge in [0.15, 0.2) is 0 Å². The zero-order chi connectivity index (χ0) is 25.6. The van der Waals surface area contributed by atoms with E-state index in [1.54, 1.807) is 29.8 Å². The van der Waals surface area contributed by atoms with Crippen LogP contribution in [0.3, 0.4) is 0 Å². The number of carboxylic acids is 1. The standard InChI is InChI=1S/C17H15N3OS.C11H20O2/c1-11-4-5-12(17(18)21)7-14(11)8-16-20-15(10-22-16)13-3-2-6-19-9-13;1-11(2,3)9-6-4-8(5-7-9)10(12)13/h2-7,9-10H,8H2,1H3,(H2,18,21);8-9H,4-7H2,1-3H3,(H,12,13). The van der Waals surface area contributed by atoms with Crippen LogP contribution in [0.4, 0.5) is 0 Å². The summed E-state index contributed by atoms with van der Waals surface area (Å²) in [5, 5.41) is 11.9. The van der Waals surface area contributed by atoms with E-state index in [2.05, 4.69) is 30.7 Å². The van der Waals surface area contributed by atoms with Gasteiger partial charge >= 0.3 is 5.97 Å². The number of aromatic nitrogens is 2. The number of carboxylic acid groups (broad SMARTS) is 1. The van der Waals surface area contributed by atoms with Crippen molar-refractivity contribution in [1.82, 2.24) is 9.97 Å². The van der Waals surface area contributed by atoms with Crippen LogP contribution in [0, 0.1) is 24.2 Å². The van der Waals surface area contributed by atoms with Crippen LogP contribution in [-0.4, -0.2) is 27.0 Å². The van der Waals surface area contributed by atoms with Crippen LogP contribution < -0.4 is 5.73 Å². The summed E-state index contributed by atoms with van der Waals surface area (Å²) < 4.78 is 0. The predicted molar refractivity (Wildman–Crippen MR) is 140 cm³/mol. The largest absolute Gasteiger partial charge is 0.481 e. The summed E-state index contributed by atoms with van der Waals surface area (Å²) in [4.78, 5) is 30.8. The minimum Gasteiger partial charge on any atom is -0.481 e. The molecule has 35 heavy (non-hydrogen) atoms. The second-order valence-corrected chi connectivity index (χ2v) is 11.2. The summed E-state index contributed by atoms with van der Waals surface area (Å²) in [7, 11) is 0. The number of nitrogens with two attached hydrogens (primary N) is 1. The van der Waals surface area contributed by atoms with Gasteiger partial charge in [0.1, 0.15) is 0 Å². The summed E-state index contributed by atoms with van der Waals surface area (Å²) in [5.74, 6) is -0.370. The highest BCUT2D eigenvalue weighted by Gasteiger charge is 2.32. The van der Waals surface area contributed by atoms with Crippen LogP contribution in [0.25, 0.3) is 11.3 Å². The molecule has 3 N–H and O–H groups in total. The zero-order valence-electron chi connectivity index (χ0n) is 21.0. The Kier molecular flexibility index (Phi) is 8.78. The number of benzene rings is 1. The Balaban J connectivity index is 0.000000225. The smallest absolute Gasteiger partial charge is 0.306 e. The zero-order valence-corrected chi connectivity index (χ0v) is 21.8. The second kappa shape index (κ2) is 11.6. The molecule has 0 aliphatic heterocycles. The first kappa shape index (κ1) is 26.5. The first-order valence-corrected chi connectivity index (χ1v) is 12.9. The van der Waals surface area contributed by atoms with Crippen LogP contribution in [0.2, 0.25) is 0 Å². The molecule has 0 unspecified atom stereocenters. The lowest BCUT2D eigenvalue weighted by Crippen LogP contribution is -2.28. The number of nitrogens with zero attached hydrogens (tertiary/aromatic N) is 2. The molecular formula is C28H35N3O3S. The van der Waals surface area contributed by atoms with E-state index in [1.807, 2.05) is 36.6 Å². The molecule has 0 bridgehead atoms. The van der Waals surface area contributed by atoms with Crippen molar-refractivity contribution in [2.24, 2.45) is 23.0 Å². The molecule has 7 heteroatoms. The minimum atomic E-state index is -0.604. The quantitative estimate of drug-likeness (QED) is 0.445. The Morgan fingerprint density at radius 3 is 2.43 bits per heavy atom. The van der Waals surface area contributed by atoms with Gasteiger partial charge in [-0.25, -0.2) is 4.98 Å². The van der Waals surface area contributed by atoms with E-state index >= 15 is 0 Å². The molecule has 1 aromatic carbocycles. The summed E-state index contributed by atoms with van der Waals surface area (Å²) in [6.07, 6.45) is 8.15. The van der Waals surface area contributed by atoms with E-state index in [-0.39, 0.29) is 5.92 Å². The Labute approximate surface area is 211 Å². The molecule has 1 aliphatic carbocycles. The normalized spacial score (nSPS) is 17.8. The fourth-order valence-electron chi connectivity index (χ4n) is 4.42. The third kappa shape index (κ3) is 7.46. The molecular weight excluding hydrogens is 458 g/mol. The van der Waals surface area contributed by atoms with E-state index in [0.717, 1.165) is 53.1 Å². The van der Waals surface area contributed by atoms with Crippen molar-refractivity contribution in [3.8, 4) is 11.3 Å². The number of carbonyl (C=O) groups excluding carboxylic acids is 1. The highest BCUT2D eigenvalue weighted by molar-refractivity contribution is 7.10. The van der Waals surface area contributed by atoms with E-state index in [9.17, 15) is 9.59 Å². The summed E-state index contributed by atoms with van der Waals surface area (Å²) in [6.45, 7) is 8.77. The van der Waals surface area contributed by atoms with Crippen molar-refractivity contribution < 1.29 is 14.7 Å². The van der Waals surface area contributed by atoms with Crippen molar-refractivity contribution >= 4 is 23.2 Å². The maximum atomic E-state index is 11.3. The highest BCUT2D eigenvalue weighted by Crippen LogP contribution is 2.39. The SMILES string of the molecule is CC(C)(C)C1CCC(C(=O)O)CC1.Cc1ccc(C(N)=O)cc1Cc1nc(-c2cccnc2)cs1. The maximum Gasteiger partial charge on any atom is 0.306 e. The Hall–Kier alpha value is -3.06. The van der Waals surface area contributed by atoms with Gasteiger partial charge in [0, 0.05) is 35.3 Å². The molecule has 1 amide bonds. The molecule has 0 atom stereocenters. The lowest BCUT2D eigenvalue weighted by Gasteiger charge is -2.35. The number of primary amides is 1. The number of amides is 1. The summed E-state index contributed by atoms with van der Waals surface area (Å²) in [5.41, 5.74) is 10.4. The van der Waals surface area contributed by atoms with Gasteiger partial charge in [-0.3, -0.25) is 14.6 Å². The third-order valence-electron chi connectivity index (χ3n) is 6.79. The molecule has 1 aliphatic rings. The average molecular weight is 494 g/mol. The van der Waals surface area contributed by atoms with Gasteiger partial charge in [0.2, 0.25) is 5.91 Å². The first-order valence-electron chi connectivity index (χ1n) is 12.0. The average Bonchev–Trinajstić information content (AvgIpc) is 3.29. The second-order valence-electron chi connectivity index (χ2n) is 10.3. The molecule has 2 aromatic heterocycles. The fourth-order valence-corrected chi connectivity index (χ4v) is 5.25. The number of thiazole rings is 1. The number of pyridine rings is 1. The minimum absolute atomic E-state index is 0.0707. The molecule has 0 saturated heterocycles.